The van der Waals surface area contributed by atoms with E-state index in [9.17, 15) is 0 Å². The standard InChI is InChI=1S/C15H30N2/c1-3-5-15(8-10-16-11-9-15)13-17-12-14(2)6-4-7-14/h16-17H,3-13H2,1-2H3. The Hall–Kier alpha value is -0.0800. The summed E-state index contributed by atoms with van der Waals surface area (Å²) in [5.41, 5.74) is 1.22. The van der Waals surface area contributed by atoms with Gasteiger partial charge in [-0.25, -0.2) is 0 Å². The van der Waals surface area contributed by atoms with Crippen molar-refractivity contribution in [3.63, 3.8) is 0 Å². The fourth-order valence-electron chi connectivity index (χ4n) is 3.59. The normalized spacial score (nSPS) is 26.5. The molecule has 0 bridgehead atoms. The lowest BCUT2D eigenvalue weighted by Crippen LogP contribution is -2.46. The monoisotopic (exact) mass is 238 g/mol. The molecule has 0 atom stereocenters. The minimum Gasteiger partial charge on any atom is -0.317 e. The van der Waals surface area contributed by atoms with Gasteiger partial charge in [0.2, 0.25) is 0 Å². The molecule has 1 saturated carbocycles. The number of piperidine rings is 1. The quantitative estimate of drug-likeness (QED) is 0.743. The third-order valence-electron chi connectivity index (χ3n) is 5.06. The number of rotatable bonds is 6. The molecule has 100 valence electrons. The molecule has 2 fully saturated rings. The fourth-order valence-corrected chi connectivity index (χ4v) is 3.59. The Balaban J connectivity index is 1.76. The van der Waals surface area contributed by atoms with Crippen LogP contribution in [-0.4, -0.2) is 26.2 Å². The lowest BCUT2D eigenvalue weighted by atomic mass is 9.70. The van der Waals surface area contributed by atoms with Gasteiger partial charge in [0.15, 0.2) is 0 Å². The zero-order chi connectivity index (χ0) is 12.2. The van der Waals surface area contributed by atoms with E-state index in [0.29, 0.717) is 10.8 Å². The van der Waals surface area contributed by atoms with Crippen LogP contribution in [0.25, 0.3) is 0 Å². The zero-order valence-electron chi connectivity index (χ0n) is 11.8. The molecule has 0 aromatic rings. The Morgan fingerprint density at radius 2 is 1.76 bits per heavy atom. The molecule has 1 heterocycles. The van der Waals surface area contributed by atoms with E-state index in [1.807, 2.05) is 0 Å². The van der Waals surface area contributed by atoms with Crippen LogP contribution in [0.3, 0.4) is 0 Å². The first kappa shape index (κ1) is 13.4. The summed E-state index contributed by atoms with van der Waals surface area (Å²) in [6.45, 7) is 9.71. The molecule has 1 aliphatic carbocycles. The Morgan fingerprint density at radius 1 is 1.06 bits per heavy atom. The molecule has 2 rings (SSSR count). The van der Waals surface area contributed by atoms with E-state index in [4.69, 9.17) is 0 Å². The molecule has 0 spiro atoms. The molecular formula is C15H30N2. The molecule has 2 aliphatic rings. The van der Waals surface area contributed by atoms with Gasteiger partial charge in [0.25, 0.3) is 0 Å². The molecule has 0 radical (unpaired) electrons. The summed E-state index contributed by atoms with van der Waals surface area (Å²) in [6, 6.07) is 0. The SMILES string of the molecule is CCCC1(CNCC2(C)CCC2)CCNCC1. The van der Waals surface area contributed by atoms with Gasteiger partial charge in [0.05, 0.1) is 0 Å². The maximum atomic E-state index is 3.80. The fraction of sp³-hybridized carbons (Fsp3) is 1.00. The Kier molecular flexibility index (Phi) is 4.48. The zero-order valence-corrected chi connectivity index (χ0v) is 11.8. The smallest absolute Gasteiger partial charge is 0.000899 e. The third kappa shape index (κ3) is 3.45. The largest absolute Gasteiger partial charge is 0.317 e. The van der Waals surface area contributed by atoms with Crippen molar-refractivity contribution >= 4 is 0 Å². The van der Waals surface area contributed by atoms with E-state index in [-0.39, 0.29) is 0 Å². The van der Waals surface area contributed by atoms with E-state index in [0.717, 1.165) is 0 Å². The molecule has 0 aromatic heterocycles. The molecular weight excluding hydrogens is 208 g/mol. The molecule has 2 heteroatoms. The molecule has 2 nitrogen and oxygen atoms in total. The topological polar surface area (TPSA) is 24.1 Å². The van der Waals surface area contributed by atoms with Crippen molar-refractivity contribution in [2.45, 2.75) is 58.8 Å². The maximum absolute atomic E-state index is 3.80. The van der Waals surface area contributed by atoms with E-state index >= 15 is 0 Å². The minimum absolute atomic E-state index is 0.597. The van der Waals surface area contributed by atoms with Crippen molar-refractivity contribution in [2.75, 3.05) is 26.2 Å². The first-order valence-corrected chi connectivity index (χ1v) is 7.60. The van der Waals surface area contributed by atoms with Gasteiger partial charge in [0.1, 0.15) is 0 Å². The highest BCUT2D eigenvalue weighted by atomic mass is 14.9. The minimum atomic E-state index is 0.597. The van der Waals surface area contributed by atoms with Crippen LogP contribution in [0, 0.1) is 10.8 Å². The van der Waals surface area contributed by atoms with Gasteiger partial charge in [-0.05, 0) is 56.0 Å². The highest BCUT2D eigenvalue weighted by Gasteiger charge is 2.34. The summed E-state index contributed by atoms with van der Waals surface area (Å²) in [4.78, 5) is 0. The lowest BCUT2D eigenvalue weighted by molar-refractivity contribution is 0.129. The maximum Gasteiger partial charge on any atom is 0.000899 e. The van der Waals surface area contributed by atoms with Gasteiger partial charge < -0.3 is 10.6 Å². The summed E-state index contributed by atoms with van der Waals surface area (Å²) in [5.74, 6) is 0. The number of hydrogen-bond donors (Lipinski definition) is 2. The van der Waals surface area contributed by atoms with Crippen LogP contribution in [0.5, 0.6) is 0 Å². The highest BCUT2D eigenvalue weighted by Crippen LogP contribution is 2.40. The average molecular weight is 238 g/mol. The first-order chi connectivity index (χ1) is 8.18. The molecule has 1 aliphatic heterocycles. The summed E-state index contributed by atoms with van der Waals surface area (Å²) < 4.78 is 0. The molecule has 2 N–H and O–H groups in total. The van der Waals surface area contributed by atoms with Crippen LogP contribution in [0.2, 0.25) is 0 Å². The molecule has 0 aromatic carbocycles. The van der Waals surface area contributed by atoms with Gasteiger partial charge >= 0.3 is 0 Å². The Bertz CT molecular complexity index is 222. The molecule has 17 heavy (non-hydrogen) atoms. The highest BCUT2D eigenvalue weighted by molar-refractivity contribution is 4.89. The van der Waals surface area contributed by atoms with E-state index in [1.54, 1.807) is 0 Å². The Morgan fingerprint density at radius 3 is 2.29 bits per heavy atom. The van der Waals surface area contributed by atoms with Gasteiger partial charge in [-0.15, -0.1) is 0 Å². The van der Waals surface area contributed by atoms with Crippen molar-refractivity contribution < 1.29 is 0 Å². The predicted octanol–water partition coefficient (Wildman–Crippen LogP) is 2.94. The lowest BCUT2D eigenvalue weighted by Gasteiger charge is -2.42. The van der Waals surface area contributed by atoms with Crippen molar-refractivity contribution in [1.82, 2.24) is 10.6 Å². The van der Waals surface area contributed by atoms with E-state index < -0.39 is 0 Å². The van der Waals surface area contributed by atoms with Crippen molar-refractivity contribution in [3.8, 4) is 0 Å². The second-order valence-electron chi connectivity index (χ2n) is 6.77. The second-order valence-corrected chi connectivity index (χ2v) is 6.77. The van der Waals surface area contributed by atoms with Gasteiger partial charge in [-0.1, -0.05) is 26.7 Å². The third-order valence-corrected chi connectivity index (χ3v) is 5.06. The van der Waals surface area contributed by atoms with Gasteiger partial charge in [-0.2, -0.15) is 0 Å². The van der Waals surface area contributed by atoms with E-state index in [2.05, 4.69) is 24.5 Å². The first-order valence-electron chi connectivity index (χ1n) is 7.60. The van der Waals surface area contributed by atoms with Crippen molar-refractivity contribution in [1.29, 1.82) is 0 Å². The van der Waals surface area contributed by atoms with Crippen molar-refractivity contribution in [3.05, 3.63) is 0 Å². The summed E-state index contributed by atoms with van der Waals surface area (Å²) >= 11 is 0. The van der Waals surface area contributed by atoms with Crippen LogP contribution in [0.1, 0.15) is 58.8 Å². The van der Waals surface area contributed by atoms with E-state index in [1.165, 1.54) is 71.1 Å². The summed E-state index contributed by atoms with van der Waals surface area (Å²) in [5, 5.41) is 7.29. The van der Waals surface area contributed by atoms with Crippen LogP contribution < -0.4 is 10.6 Å². The molecule has 0 amide bonds. The van der Waals surface area contributed by atoms with Crippen LogP contribution in [0.15, 0.2) is 0 Å². The van der Waals surface area contributed by atoms with Gasteiger partial charge in [0, 0.05) is 13.1 Å². The second kappa shape index (κ2) is 5.71. The van der Waals surface area contributed by atoms with Gasteiger partial charge in [-0.3, -0.25) is 0 Å². The van der Waals surface area contributed by atoms with Crippen LogP contribution in [-0.2, 0) is 0 Å². The predicted molar refractivity (Wildman–Crippen MR) is 74.3 cm³/mol. The summed E-state index contributed by atoms with van der Waals surface area (Å²) in [6.07, 6.45) is 9.78. The molecule has 0 unspecified atom stereocenters. The average Bonchev–Trinajstić information content (AvgIpc) is 2.28. The van der Waals surface area contributed by atoms with Crippen LogP contribution >= 0.6 is 0 Å². The summed E-state index contributed by atoms with van der Waals surface area (Å²) in [7, 11) is 0. The number of nitrogens with one attached hydrogen (secondary N) is 2. The van der Waals surface area contributed by atoms with Crippen LogP contribution in [0.4, 0.5) is 0 Å². The number of hydrogen-bond acceptors (Lipinski definition) is 2. The molecule has 1 saturated heterocycles. The Labute approximate surface area is 107 Å². The van der Waals surface area contributed by atoms with Crippen molar-refractivity contribution in [2.24, 2.45) is 10.8 Å².